The maximum absolute atomic E-state index is 13.0. The van der Waals surface area contributed by atoms with Crippen LogP contribution in [0.5, 0.6) is 5.75 Å². The minimum absolute atomic E-state index is 0.157. The molecule has 0 heterocycles. The number of carbonyl (C=O) groups is 1. The average molecular weight is 381 g/mol. The van der Waals surface area contributed by atoms with Crippen molar-refractivity contribution < 1.29 is 9.53 Å². The molecule has 1 N–H and O–H groups in total. The van der Waals surface area contributed by atoms with E-state index in [-0.39, 0.29) is 11.9 Å². The molecule has 1 amide bonds. The number of benzene rings is 4. The first-order valence-corrected chi connectivity index (χ1v) is 9.77. The first kappa shape index (κ1) is 18.8. The third-order valence-electron chi connectivity index (χ3n) is 4.98. The van der Waals surface area contributed by atoms with Gasteiger partial charge < -0.3 is 10.1 Å². The van der Waals surface area contributed by atoms with Crippen molar-refractivity contribution >= 4 is 16.7 Å². The van der Waals surface area contributed by atoms with Crippen molar-refractivity contribution in [2.24, 2.45) is 0 Å². The fraction of sp³-hybridized carbons (Fsp3) is 0.115. The molecule has 0 aliphatic carbocycles. The molecule has 3 heteroatoms. The maximum Gasteiger partial charge on any atom is 0.261 e. The van der Waals surface area contributed by atoms with Crippen LogP contribution < -0.4 is 10.1 Å². The molecular weight excluding hydrogens is 358 g/mol. The van der Waals surface area contributed by atoms with Crippen molar-refractivity contribution in [3.8, 4) is 5.75 Å². The van der Waals surface area contributed by atoms with Crippen LogP contribution in [-0.4, -0.2) is 12.0 Å². The molecule has 0 aromatic heterocycles. The molecule has 29 heavy (non-hydrogen) atoms. The van der Waals surface area contributed by atoms with Gasteiger partial charge in [-0.05, 0) is 29.5 Å². The monoisotopic (exact) mass is 381 g/mol. The van der Waals surface area contributed by atoms with E-state index in [0.29, 0.717) is 5.75 Å². The Morgan fingerprint density at radius 3 is 1.93 bits per heavy atom. The summed E-state index contributed by atoms with van der Waals surface area (Å²) in [6.45, 7) is 1.78. The SMILES string of the molecule is CC(Oc1cccc2ccccc12)C(=O)NC(c1ccccc1)c1ccccc1. The van der Waals surface area contributed by atoms with Crippen molar-refractivity contribution in [2.45, 2.75) is 19.1 Å². The first-order valence-electron chi connectivity index (χ1n) is 9.77. The third-order valence-corrected chi connectivity index (χ3v) is 4.98. The van der Waals surface area contributed by atoms with Crippen molar-refractivity contribution in [1.82, 2.24) is 5.32 Å². The molecule has 0 aliphatic heterocycles. The van der Waals surface area contributed by atoms with Crippen molar-refractivity contribution in [1.29, 1.82) is 0 Å². The molecule has 0 saturated heterocycles. The largest absolute Gasteiger partial charge is 0.480 e. The Bertz CT molecular complexity index is 1050. The van der Waals surface area contributed by atoms with Crippen LogP contribution >= 0.6 is 0 Å². The lowest BCUT2D eigenvalue weighted by Crippen LogP contribution is -2.39. The van der Waals surface area contributed by atoms with Gasteiger partial charge in [-0.2, -0.15) is 0 Å². The highest BCUT2D eigenvalue weighted by molar-refractivity contribution is 5.89. The number of ether oxygens (including phenoxy) is 1. The second kappa shape index (κ2) is 8.61. The van der Waals surface area contributed by atoms with Crippen LogP contribution in [0.4, 0.5) is 0 Å². The molecule has 0 saturated carbocycles. The Hall–Kier alpha value is -3.59. The molecule has 4 aromatic carbocycles. The summed E-state index contributed by atoms with van der Waals surface area (Å²) in [5.74, 6) is 0.553. The number of carbonyl (C=O) groups excluding carboxylic acids is 1. The molecule has 4 rings (SSSR count). The molecule has 1 unspecified atom stereocenters. The number of fused-ring (bicyclic) bond motifs is 1. The van der Waals surface area contributed by atoms with E-state index in [4.69, 9.17) is 4.74 Å². The molecule has 0 fully saturated rings. The van der Waals surface area contributed by atoms with Gasteiger partial charge >= 0.3 is 0 Å². The second-order valence-corrected chi connectivity index (χ2v) is 7.00. The van der Waals surface area contributed by atoms with Crippen LogP contribution in [0.3, 0.4) is 0 Å². The number of rotatable bonds is 6. The molecule has 3 nitrogen and oxygen atoms in total. The number of hydrogen-bond acceptors (Lipinski definition) is 2. The highest BCUT2D eigenvalue weighted by atomic mass is 16.5. The van der Waals surface area contributed by atoms with Crippen LogP contribution in [0.15, 0.2) is 103 Å². The quantitative estimate of drug-likeness (QED) is 0.478. The summed E-state index contributed by atoms with van der Waals surface area (Å²) in [4.78, 5) is 13.0. The minimum atomic E-state index is -0.629. The van der Waals surface area contributed by atoms with Gasteiger partial charge in [-0.15, -0.1) is 0 Å². The third kappa shape index (κ3) is 4.30. The molecule has 0 bridgehead atoms. The Labute approximate surface area is 171 Å². The number of amides is 1. The van der Waals surface area contributed by atoms with E-state index in [9.17, 15) is 4.79 Å². The topological polar surface area (TPSA) is 38.3 Å². The Balaban J connectivity index is 1.56. The minimum Gasteiger partial charge on any atom is -0.480 e. The summed E-state index contributed by atoms with van der Waals surface area (Å²) in [6, 6.07) is 33.6. The van der Waals surface area contributed by atoms with Gasteiger partial charge in [0.05, 0.1) is 6.04 Å². The van der Waals surface area contributed by atoms with Crippen LogP contribution in [-0.2, 0) is 4.79 Å². The molecular formula is C26H23NO2. The highest BCUT2D eigenvalue weighted by Gasteiger charge is 2.22. The predicted molar refractivity (Wildman–Crippen MR) is 117 cm³/mol. The molecule has 4 aromatic rings. The fourth-order valence-electron chi connectivity index (χ4n) is 3.45. The van der Waals surface area contributed by atoms with E-state index >= 15 is 0 Å². The number of nitrogens with one attached hydrogen (secondary N) is 1. The van der Waals surface area contributed by atoms with Gasteiger partial charge in [-0.25, -0.2) is 0 Å². The van der Waals surface area contributed by atoms with Crippen LogP contribution in [0.25, 0.3) is 10.8 Å². The number of hydrogen-bond donors (Lipinski definition) is 1. The summed E-state index contributed by atoms with van der Waals surface area (Å²) >= 11 is 0. The molecule has 0 aliphatic rings. The van der Waals surface area contributed by atoms with Gasteiger partial charge in [0.25, 0.3) is 5.91 Å². The fourth-order valence-corrected chi connectivity index (χ4v) is 3.45. The summed E-state index contributed by atoms with van der Waals surface area (Å²) < 4.78 is 6.05. The van der Waals surface area contributed by atoms with E-state index in [0.717, 1.165) is 21.9 Å². The van der Waals surface area contributed by atoms with E-state index in [1.165, 1.54) is 0 Å². The lowest BCUT2D eigenvalue weighted by atomic mass is 9.98. The highest BCUT2D eigenvalue weighted by Crippen LogP contribution is 2.27. The normalized spacial score (nSPS) is 11.9. The van der Waals surface area contributed by atoms with Crippen LogP contribution in [0.2, 0.25) is 0 Å². The molecule has 144 valence electrons. The van der Waals surface area contributed by atoms with Crippen molar-refractivity contribution in [2.75, 3.05) is 0 Å². The van der Waals surface area contributed by atoms with E-state index < -0.39 is 6.10 Å². The Morgan fingerprint density at radius 1 is 0.724 bits per heavy atom. The molecule has 0 spiro atoms. The molecule has 1 atom stereocenters. The lowest BCUT2D eigenvalue weighted by molar-refractivity contribution is -0.127. The summed E-state index contributed by atoms with van der Waals surface area (Å²) in [5, 5.41) is 5.24. The van der Waals surface area contributed by atoms with Gasteiger partial charge in [-0.1, -0.05) is 97.1 Å². The van der Waals surface area contributed by atoms with Crippen LogP contribution in [0, 0.1) is 0 Å². The zero-order chi connectivity index (χ0) is 20.1. The van der Waals surface area contributed by atoms with E-state index in [1.807, 2.05) is 103 Å². The predicted octanol–water partition coefficient (Wildman–Crippen LogP) is 5.51. The Kier molecular flexibility index (Phi) is 5.57. The lowest BCUT2D eigenvalue weighted by Gasteiger charge is -2.23. The Morgan fingerprint density at radius 2 is 1.28 bits per heavy atom. The van der Waals surface area contributed by atoms with Crippen molar-refractivity contribution in [3.63, 3.8) is 0 Å². The van der Waals surface area contributed by atoms with Crippen LogP contribution in [0.1, 0.15) is 24.1 Å². The smallest absolute Gasteiger partial charge is 0.261 e. The van der Waals surface area contributed by atoms with E-state index in [1.54, 1.807) is 6.92 Å². The average Bonchev–Trinajstić information content (AvgIpc) is 2.78. The summed E-state index contributed by atoms with van der Waals surface area (Å²) in [5.41, 5.74) is 2.06. The summed E-state index contributed by atoms with van der Waals surface area (Å²) in [6.07, 6.45) is -0.629. The van der Waals surface area contributed by atoms with Gasteiger partial charge in [0.2, 0.25) is 0 Å². The first-order chi connectivity index (χ1) is 14.2. The standard InChI is InChI=1S/C26H23NO2/c1-19(29-24-18-10-16-20-11-8-9-17-23(20)24)26(28)27-25(21-12-4-2-5-13-21)22-14-6-3-7-15-22/h2-19,25H,1H3,(H,27,28). The van der Waals surface area contributed by atoms with Gasteiger partial charge in [0, 0.05) is 5.39 Å². The summed E-state index contributed by atoms with van der Waals surface area (Å²) in [7, 11) is 0. The zero-order valence-corrected chi connectivity index (χ0v) is 16.3. The molecule has 0 radical (unpaired) electrons. The second-order valence-electron chi connectivity index (χ2n) is 7.00. The van der Waals surface area contributed by atoms with Crippen molar-refractivity contribution in [3.05, 3.63) is 114 Å². The van der Waals surface area contributed by atoms with Gasteiger partial charge in [0.15, 0.2) is 6.10 Å². The van der Waals surface area contributed by atoms with Gasteiger partial charge in [-0.3, -0.25) is 4.79 Å². The van der Waals surface area contributed by atoms with Gasteiger partial charge in [0.1, 0.15) is 5.75 Å². The maximum atomic E-state index is 13.0. The zero-order valence-electron chi connectivity index (χ0n) is 16.3. The van der Waals surface area contributed by atoms with E-state index in [2.05, 4.69) is 5.32 Å².